The molecule has 1 heterocycles. The molecular formula is C15H20FN3O. The molecule has 2 aromatic rings. The van der Waals surface area contributed by atoms with Crippen molar-refractivity contribution in [2.75, 3.05) is 7.05 Å². The van der Waals surface area contributed by atoms with E-state index < -0.39 is 0 Å². The van der Waals surface area contributed by atoms with E-state index in [0.717, 1.165) is 16.6 Å². The molecule has 0 saturated heterocycles. The smallest absolute Gasteiger partial charge is 0.219 e. The lowest BCUT2D eigenvalue weighted by atomic mass is 10.1. The Balaban J connectivity index is 2.28. The molecule has 4 nitrogen and oxygen atoms in total. The molecule has 108 valence electrons. The van der Waals surface area contributed by atoms with E-state index in [1.807, 2.05) is 0 Å². The average molecular weight is 277 g/mol. The van der Waals surface area contributed by atoms with Gasteiger partial charge in [-0.25, -0.2) is 4.39 Å². The van der Waals surface area contributed by atoms with Crippen molar-refractivity contribution in [3.8, 4) is 0 Å². The van der Waals surface area contributed by atoms with Gasteiger partial charge in [0.1, 0.15) is 5.82 Å². The molecule has 0 aliphatic rings. The first-order valence-corrected chi connectivity index (χ1v) is 6.89. The molecule has 1 aromatic heterocycles. The zero-order valence-corrected chi connectivity index (χ0v) is 12.1. The summed E-state index contributed by atoms with van der Waals surface area (Å²) in [7, 11) is 1.62. The summed E-state index contributed by atoms with van der Waals surface area (Å²) in [5.41, 5.74) is 1.77. The normalized spacial score (nSPS) is 11.2. The molecule has 1 aromatic carbocycles. The summed E-state index contributed by atoms with van der Waals surface area (Å²) in [5.74, 6) is 0.0279. The summed E-state index contributed by atoms with van der Waals surface area (Å²) >= 11 is 0. The highest BCUT2D eigenvalue weighted by molar-refractivity contribution is 5.82. The first-order chi connectivity index (χ1) is 9.52. The van der Waals surface area contributed by atoms with E-state index in [1.54, 1.807) is 17.8 Å². The van der Waals surface area contributed by atoms with Crippen molar-refractivity contribution in [3.63, 3.8) is 0 Å². The Morgan fingerprint density at radius 1 is 1.45 bits per heavy atom. The molecule has 0 aliphatic carbocycles. The predicted molar refractivity (Wildman–Crippen MR) is 77.1 cm³/mol. The van der Waals surface area contributed by atoms with Crippen LogP contribution in [-0.4, -0.2) is 22.7 Å². The van der Waals surface area contributed by atoms with Gasteiger partial charge in [0.2, 0.25) is 5.91 Å². The number of carbonyl (C=O) groups is 1. The largest absolute Gasteiger partial charge is 0.359 e. The monoisotopic (exact) mass is 277 g/mol. The van der Waals surface area contributed by atoms with Crippen molar-refractivity contribution in [2.45, 2.75) is 39.2 Å². The maximum absolute atomic E-state index is 13.4. The lowest BCUT2D eigenvalue weighted by Gasteiger charge is -2.03. The Morgan fingerprint density at radius 2 is 2.20 bits per heavy atom. The van der Waals surface area contributed by atoms with Crippen LogP contribution in [0.3, 0.4) is 0 Å². The average Bonchev–Trinajstić information content (AvgIpc) is 2.77. The van der Waals surface area contributed by atoms with E-state index in [-0.39, 0.29) is 17.6 Å². The van der Waals surface area contributed by atoms with Crippen LogP contribution >= 0.6 is 0 Å². The third-order valence-corrected chi connectivity index (χ3v) is 3.34. The number of hydrogen-bond acceptors (Lipinski definition) is 2. The second-order valence-electron chi connectivity index (χ2n) is 5.20. The third-order valence-electron chi connectivity index (χ3n) is 3.34. The standard InChI is InChI=1S/C15H20FN3O/c1-10(2)15-12-7-6-11(16)9-13(12)19(18-15)8-4-5-14(20)17-3/h6-7,9-10H,4-5,8H2,1-3H3,(H,17,20). The zero-order chi connectivity index (χ0) is 14.7. The number of carbonyl (C=O) groups excluding carboxylic acids is 1. The molecule has 0 fully saturated rings. The van der Waals surface area contributed by atoms with Gasteiger partial charge < -0.3 is 5.32 Å². The van der Waals surface area contributed by atoms with E-state index in [2.05, 4.69) is 24.3 Å². The van der Waals surface area contributed by atoms with Gasteiger partial charge in [-0.2, -0.15) is 5.10 Å². The van der Waals surface area contributed by atoms with Gasteiger partial charge in [0.05, 0.1) is 11.2 Å². The maximum Gasteiger partial charge on any atom is 0.219 e. The highest BCUT2D eigenvalue weighted by Crippen LogP contribution is 2.25. The SMILES string of the molecule is CNC(=O)CCCn1nc(C(C)C)c2ccc(F)cc21. The summed E-state index contributed by atoms with van der Waals surface area (Å²) in [6.45, 7) is 4.75. The number of aryl methyl sites for hydroxylation is 1. The van der Waals surface area contributed by atoms with Crippen molar-refractivity contribution in [1.29, 1.82) is 0 Å². The van der Waals surface area contributed by atoms with Crippen LogP contribution in [0.2, 0.25) is 0 Å². The van der Waals surface area contributed by atoms with E-state index in [1.165, 1.54) is 12.1 Å². The van der Waals surface area contributed by atoms with Crippen molar-refractivity contribution >= 4 is 16.8 Å². The Bertz CT molecular complexity index is 619. The van der Waals surface area contributed by atoms with Gasteiger partial charge in [-0.3, -0.25) is 9.48 Å². The topological polar surface area (TPSA) is 46.9 Å². The Hall–Kier alpha value is -1.91. The van der Waals surface area contributed by atoms with Gasteiger partial charge in [-0.15, -0.1) is 0 Å². The molecule has 1 N–H and O–H groups in total. The fraction of sp³-hybridized carbons (Fsp3) is 0.467. The molecule has 0 aliphatic heterocycles. The fourth-order valence-corrected chi connectivity index (χ4v) is 2.28. The number of aromatic nitrogens is 2. The van der Waals surface area contributed by atoms with E-state index in [0.29, 0.717) is 19.4 Å². The molecule has 1 amide bonds. The Kier molecular flexibility index (Phi) is 4.37. The number of nitrogens with one attached hydrogen (secondary N) is 1. The zero-order valence-electron chi connectivity index (χ0n) is 12.1. The first kappa shape index (κ1) is 14.5. The molecule has 0 radical (unpaired) electrons. The van der Waals surface area contributed by atoms with Crippen molar-refractivity contribution in [2.24, 2.45) is 0 Å². The second-order valence-corrected chi connectivity index (χ2v) is 5.20. The van der Waals surface area contributed by atoms with Gasteiger partial charge >= 0.3 is 0 Å². The third kappa shape index (κ3) is 2.98. The van der Waals surface area contributed by atoms with Gasteiger partial charge in [0.15, 0.2) is 0 Å². The maximum atomic E-state index is 13.4. The van der Waals surface area contributed by atoms with Crippen LogP contribution in [0.25, 0.3) is 10.9 Å². The fourth-order valence-electron chi connectivity index (χ4n) is 2.28. The molecule has 5 heteroatoms. The predicted octanol–water partition coefficient (Wildman–Crippen LogP) is 2.83. The number of hydrogen-bond donors (Lipinski definition) is 1. The minimum absolute atomic E-state index is 0.0109. The van der Waals surface area contributed by atoms with Crippen LogP contribution in [0.1, 0.15) is 38.3 Å². The van der Waals surface area contributed by atoms with E-state index in [4.69, 9.17) is 0 Å². The Morgan fingerprint density at radius 3 is 2.85 bits per heavy atom. The highest BCUT2D eigenvalue weighted by Gasteiger charge is 2.14. The van der Waals surface area contributed by atoms with Crippen LogP contribution < -0.4 is 5.32 Å². The van der Waals surface area contributed by atoms with Crippen molar-refractivity contribution < 1.29 is 9.18 Å². The van der Waals surface area contributed by atoms with Crippen molar-refractivity contribution in [1.82, 2.24) is 15.1 Å². The lowest BCUT2D eigenvalue weighted by Crippen LogP contribution is -2.18. The minimum Gasteiger partial charge on any atom is -0.359 e. The van der Waals surface area contributed by atoms with Crippen LogP contribution in [0.4, 0.5) is 4.39 Å². The van der Waals surface area contributed by atoms with E-state index >= 15 is 0 Å². The number of amides is 1. The van der Waals surface area contributed by atoms with Crippen LogP contribution in [0.5, 0.6) is 0 Å². The van der Waals surface area contributed by atoms with Gasteiger partial charge in [-0.05, 0) is 30.5 Å². The second kappa shape index (κ2) is 6.03. The summed E-state index contributed by atoms with van der Waals surface area (Å²) in [6, 6.07) is 4.75. The molecule has 2 rings (SSSR count). The molecule has 0 saturated carbocycles. The summed E-state index contributed by atoms with van der Waals surface area (Å²) in [6.07, 6.45) is 1.13. The van der Waals surface area contributed by atoms with Crippen LogP contribution in [0, 0.1) is 5.82 Å². The molecule has 0 spiro atoms. The highest BCUT2D eigenvalue weighted by atomic mass is 19.1. The van der Waals surface area contributed by atoms with Gasteiger partial charge in [0, 0.05) is 25.4 Å². The van der Waals surface area contributed by atoms with Gasteiger partial charge in [0.25, 0.3) is 0 Å². The number of fused-ring (bicyclic) bond motifs is 1. The number of halogens is 1. The Labute approximate surface area is 118 Å². The molecular weight excluding hydrogens is 257 g/mol. The van der Waals surface area contributed by atoms with Crippen LogP contribution in [-0.2, 0) is 11.3 Å². The quantitative estimate of drug-likeness (QED) is 0.913. The van der Waals surface area contributed by atoms with E-state index in [9.17, 15) is 9.18 Å². The number of rotatable bonds is 5. The number of benzene rings is 1. The molecule has 0 atom stereocenters. The lowest BCUT2D eigenvalue weighted by molar-refractivity contribution is -0.120. The summed E-state index contributed by atoms with van der Waals surface area (Å²) < 4.78 is 15.2. The molecule has 20 heavy (non-hydrogen) atoms. The molecule has 0 bridgehead atoms. The minimum atomic E-state index is -0.264. The summed E-state index contributed by atoms with van der Waals surface area (Å²) in [5, 5.41) is 8.15. The van der Waals surface area contributed by atoms with Gasteiger partial charge in [-0.1, -0.05) is 13.8 Å². The molecule has 0 unspecified atom stereocenters. The van der Waals surface area contributed by atoms with Crippen LogP contribution in [0.15, 0.2) is 18.2 Å². The number of nitrogens with zero attached hydrogens (tertiary/aromatic N) is 2. The summed E-state index contributed by atoms with van der Waals surface area (Å²) in [4.78, 5) is 11.2. The first-order valence-electron chi connectivity index (χ1n) is 6.89. The van der Waals surface area contributed by atoms with Crippen molar-refractivity contribution in [3.05, 3.63) is 29.7 Å².